The van der Waals surface area contributed by atoms with Crippen molar-refractivity contribution in [1.82, 2.24) is 5.32 Å². The highest BCUT2D eigenvalue weighted by molar-refractivity contribution is 5.49. The summed E-state index contributed by atoms with van der Waals surface area (Å²) in [6.45, 7) is 7.33. The van der Waals surface area contributed by atoms with Crippen molar-refractivity contribution in [1.29, 1.82) is 0 Å². The Morgan fingerprint density at radius 2 is 1.89 bits per heavy atom. The van der Waals surface area contributed by atoms with Crippen LogP contribution < -0.4 is 10.2 Å². The number of anilines is 1. The van der Waals surface area contributed by atoms with Crippen molar-refractivity contribution in [3.8, 4) is 0 Å². The SMILES string of the molecule is CNCc1cc(F)cc(N2CC(C)CC(C)C2)c1. The summed E-state index contributed by atoms with van der Waals surface area (Å²) in [5.74, 6) is 1.23. The fraction of sp³-hybridized carbons (Fsp3) is 0.600. The smallest absolute Gasteiger partial charge is 0.125 e. The first-order valence-electron chi connectivity index (χ1n) is 6.77. The van der Waals surface area contributed by atoms with E-state index in [1.54, 1.807) is 12.1 Å². The second kappa shape index (κ2) is 5.70. The summed E-state index contributed by atoms with van der Waals surface area (Å²) in [6.07, 6.45) is 1.27. The van der Waals surface area contributed by atoms with Gasteiger partial charge in [0.05, 0.1) is 0 Å². The molecule has 0 radical (unpaired) electrons. The number of piperidine rings is 1. The van der Waals surface area contributed by atoms with Gasteiger partial charge in [0.15, 0.2) is 0 Å². The Morgan fingerprint density at radius 1 is 1.22 bits per heavy atom. The maximum Gasteiger partial charge on any atom is 0.125 e. The third-order valence-corrected chi connectivity index (χ3v) is 3.56. The van der Waals surface area contributed by atoms with Crippen LogP contribution in [0.25, 0.3) is 0 Å². The molecule has 1 aliphatic heterocycles. The Labute approximate surface area is 109 Å². The van der Waals surface area contributed by atoms with Crippen LogP contribution in [0.3, 0.4) is 0 Å². The first-order valence-corrected chi connectivity index (χ1v) is 6.77. The highest BCUT2D eigenvalue weighted by atomic mass is 19.1. The molecule has 0 aliphatic carbocycles. The van der Waals surface area contributed by atoms with Gasteiger partial charge in [-0.2, -0.15) is 0 Å². The lowest BCUT2D eigenvalue weighted by molar-refractivity contribution is 0.356. The number of hydrogen-bond acceptors (Lipinski definition) is 2. The maximum absolute atomic E-state index is 13.6. The normalized spacial score (nSPS) is 24.3. The molecule has 1 aliphatic rings. The van der Waals surface area contributed by atoms with Gasteiger partial charge in [-0.25, -0.2) is 4.39 Å². The van der Waals surface area contributed by atoms with Crippen LogP contribution in [0.1, 0.15) is 25.8 Å². The first-order chi connectivity index (χ1) is 8.58. The second-order valence-corrected chi connectivity index (χ2v) is 5.70. The minimum Gasteiger partial charge on any atom is -0.371 e. The lowest BCUT2D eigenvalue weighted by Crippen LogP contribution is -2.38. The molecule has 0 aromatic heterocycles. The Morgan fingerprint density at radius 3 is 2.50 bits per heavy atom. The zero-order valence-electron chi connectivity index (χ0n) is 11.5. The molecule has 2 unspecified atom stereocenters. The fourth-order valence-corrected chi connectivity index (χ4v) is 3.00. The summed E-state index contributed by atoms with van der Waals surface area (Å²) in [5.41, 5.74) is 2.04. The predicted molar refractivity (Wildman–Crippen MR) is 74.3 cm³/mol. The minimum absolute atomic E-state index is 0.136. The van der Waals surface area contributed by atoms with Crippen molar-refractivity contribution in [2.45, 2.75) is 26.8 Å². The maximum atomic E-state index is 13.6. The van der Waals surface area contributed by atoms with Crippen molar-refractivity contribution in [2.75, 3.05) is 25.0 Å². The number of nitrogens with zero attached hydrogens (tertiary/aromatic N) is 1. The zero-order valence-corrected chi connectivity index (χ0v) is 11.5. The lowest BCUT2D eigenvalue weighted by atomic mass is 9.91. The topological polar surface area (TPSA) is 15.3 Å². The molecule has 1 heterocycles. The second-order valence-electron chi connectivity index (χ2n) is 5.70. The van der Waals surface area contributed by atoms with Gasteiger partial charge in [0, 0.05) is 25.3 Å². The van der Waals surface area contributed by atoms with E-state index in [9.17, 15) is 4.39 Å². The molecular formula is C15H23FN2. The quantitative estimate of drug-likeness (QED) is 0.887. The van der Waals surface area contributed by atoms with E-state index in [4.69, 9.17) is 0 Å². The zero-order chi connectivity index (χ0) is 13.1. The van der Waals surface area contributed by atoms with Crippen molar-refractivity contribution < 1.29 is 4.39 Å². The number of halogens is 1. The Bertz CT molecular complexity index is 395. The molecule has 1 N–H and O–H groups in total. The van der Waals surface area contributed by atoms with Crippen LogP contribution in [0.4, 0.5) is 10.1 Å². The van der Waals surface area contributed by atoms with Gasteiger partial charge in [-0.15, -0.1) is 0 Å². The van der Waals surface area contributed by atoms with Crippen molar-refractivity contribution >= 4 is 5.69 Å². The number of hydrogen-bond donors (Lipinski definition) is 1. The molecule has 2 rings (SSSR count). The average molecular weight is 250 g/mol. The van der Waals surface area contributed by atoms with Crippen LogP contribution in [0.2, 0.25) is 0 Å². The molecule has 100 valence electrons. The minimum atomic E-state index is -0.136. The predicted octanol–water partition coefficient (Wildman–Crippen LogP) is 3.03. The summed E-state index contributed by atoms with van der Waals surface area (Å²) in [6, 6.07) is 5.37. The largest absolute Gasteiger partial charge is 0.371 e. The summed E-state index contributed by atoms with van der Waals surface area (Å²) in [4.78, 5) is 2.32. The standard InChI is InChI=1S/C15H23FN2/c1-11-4-12(2)10-18(9-11)15-6-13(8-17-3)5-14(16)7-15/h5-7,11-12,17H,4,8-10H2,1-3H3. The molecule has 3 heteroatoms. The molecule has 2 atom stereocenters. The lowest BCUT2D eigenvalue weighted by Gasteiger charge is -2.36. The third kappa shape index (κ3) is 3.22. The van der Waals surface area contributed by atoms with Crippen molar-refractivity contribution in [2.24, 2.45) is 11.8 Å². The van der Waals surface area contributed by atoms with Crippen LogP contribution in [0, 0.1) is 17.7 Å². The van der Waals surface area contributed by atoms with Gasteiger partial charge in [0.25, 0.3) is 0 Å². The van der Waals surface area contributed by atoms with E-state index in [2.05, 4.69) is 30.1 Å². The Hall–Kier alpha value is -1.09. The fourth-order valence-electron chi connectivity index (χ4n) is 3.00. The monoisotopic (exact) mass is 250 g/mol. The molecule has 0 bridgehead atoms. The van der Waals surface area contributed by atoms with E-state index in [1.807, 2.05) is 7.05 Å². The molecule has 1 aromatic carbocycles. The van der Waals surface area contributed by atoms with E-state index in [0.29, 0.717) is 18.4 Å². The van der Waals surface area contributed by atoms with E-state index >= 15 is 0 Å². The van der Waals surface area contributed by atoms with Crippen LogP contribution in [-0.2, 0) is 6.54 Å². The highest BCUT2D eigenvalue weighted by Gasteiger charge is 2.22. The van der Waals surface area contributed by atoms with Gasteiger partial charge in [-0.3, -0.25) is 0 Å². The molecule has 1 fully saturated rings. The molecule has 2 nitrogen and oxygen atoms in total. The van der Waals surface area contributed by atoms with Gasteiger partial charge in [0.2, 0.25) is 0 Å². The van der Waals surface area contributed by atoms with Gasteiger partial charge in [-0.1, -0.05) is 13.8 Å². The molecular weight excluding hydrogens is 227 g/mol. The van der Waals surface area contributed by atoms with Gasteiger partial charge >= 0.3 is 0 Å². The third-order valence-electron chi connectivity index (χ3n) is 3.56. The summed E-state index contributed by atoms with van der Waals surface area (Å²) < 4.78 is 13.6. The molecule has 0 saturated carbocycles. The molecule has 0 amide bonds. The number of benzene rings is 1. The summed E-state index contributed by atoms with van der Waals surface area (Å²) in [5, 5.41) is 3.07. The van der Waals surface area contributed by atoms with Gasteiger partial charge in [0.1, 0.15) is 5.82 Å². The van der Waals surface area contributed by atoms with Crippen LogP contribution >= 0.6 is 0 Å². The van der Waals surface area contributed by atoms with Gasteiger partial charge < -0.3 is 10.2 Å². The van der Waals surface area contributed by atoms with Gasteiger partial charge in [-0.05, 0) is 49.1 Å². The first kappa shape index (κ1) is 13.3. The Balaban J connectivity index is 2.21. The van der Waals surface area contributed by atoms with E-state index < -0.39 is 0 Å². The van der Waals surface area contributed by atoms with E-state index in [1.165, 1.54) is 6.42 Å². The average Bonchev–Trinajstić information content (AvgIpc) is 2.27. The van der Waals surface area contributed by atoms with E-state index in [-0.39, 0.29) is 5.82 Å². The summed E-state index contributed by atoms with van der Waals surface area (Å²) in [7, 11) is 1.88. The number of nitrogens with one attached hydrogen (secondary N) is 1. The van der Waals surface area contributed by atoms with Crippen molar-refractivity contribution in [3.05, 3.63) is 29.6 Å². The molecule has 1 saturated heterocycles. The summed E-state index contributed by atoms with van der Waals surface area (Å²) >= 11 is 0. The Kier molecular flexibility index (Phi) is 4.23. The van der Waals surface area contributed by atoms with Crippen LogP contribution in [-0.4, -0.2) is 20.1 Å². The number of rotatable bonds is 3. The van der Waals surface area contributed by atoms with Crippen LogP contribution in [0.15, 0.2) is 18.2 Å². The highest BCUT2D eigenvalue weighted by Crippen LogP contribution is 2.27. The van der Waals surface area contributed by atoms with Crippen molar-refractivity contribution in [3.63, 3.8) is 0 Å². The molecule has 0 spiro atoms. The van der Waals surface area contributed by atoms with Crippen LogP contribution in [0.5, 0.6) is 0 Å². The molecule has 18 heavy (non-hydrogen) atoms. The van der Waals surface area contributed by atoms with E-state index in [0.717, 1.165) is 24.3 Å². The molecule has 1 aromatic rings.